The predicted molar refractivity (Wildman–Crippen MR) is 78.8 cm³/mol. The summed E-state index contributed by atoms with van der Waals surface area (Å²) in [5.41, 5.74) is 1.34. The first-order valence-corrected chi connectivity index (χ1v) is 7.72. The summed E-state index contributed by atoms with van der Waals surface area (Å²) in [7, 11) is 0. The lowest BCUT2D eigenvalue weighted by Gasteiger charge is -2.13. The monoisotopic (exact) mass is 287 g/mol. The van der Waals surface area contributed by atoms with E-state index in [0.29, 0.717) is 26.4 Å². The fourth-order valence-electron chi connectivity index (χ4n) is 1.56. The van der Waals surface area contributed by atoms with Gasteiger partial charge in [-0.2, -0.15) is 11.3 Å². The Balaban J connectivity index is 1.89. The molecule has 1 atom stereocenters. The zero-order chi connectivity index (χ0) is 13.9. The molecule has 19 heavy (non-hydrogen) atoms. The molecule has 4 nitrogen and oxygen atoms in total. The molecule has 2 N–H and O–H groups in total. The molecule has 0 spiro atoms. The Bertz CT molecular complexity index is 304. The van der Waals surface area contributed by atoms with Gasteiger partial charge in [-0.15, -0.1) is 0 Å². The van der Waals surface area contributed by atoms with Gasteiger partial charge in [0.15, 0.2) is 0 Å². The normalized spacial score (nSPS) is 13.1. The van der Waals surface area contributed by atoms with E-state index >= 15 is 0 Å². The quantitative estimate of drug-likeness (QED) is 0.608. The highest BCUT2D eigenvalue weighted by molar-refractivity contribution is 7.07. The standard InChI is InChI=1S/C14H25NO3S/c1-12(2)18-7-6-17-10-14(16)9-15-5-3-13-4-8-19-11-13/h4,8,11-12,14-16H,3,5-7,9-10H2,1-2H3. The van der Waals surface area contributed by atoms with Crippen LogP contribution in [0.3, 0.4) is 0 Å². The Kier molecular flexibility index (Phi) is 9.03. The van der Waals surface area contributed by atoms with Crippen molar-refractivity contribution >= 4 is 11.3 Å². The molecule has 1 unspecified atom stereocenters. The van der Waals surface area contributed by atoms with Gasteiger partial charge in [0, 0.05) is 6.54 Å². The van der Waals surface area contributed by atoms with Gasteiger partial charge < -0.3 is 19.9 Å². The summed E-state index contributed by atoms with van der Waals surface area (Å²) in [5, 5.41) is 17.1. The van der Waals surface area contributed by atoms with Crippen molar-refractivity contribution in [3.05, 3.63) is 22.4 Å². The van der Waals surface area contributed by atoms with Gasteiger partial charge in [0.2, 0.25) is 0 Å². The Morgan fingerprint density at radius 1 is 1.37 bits per heavy atom. The van der Waals surface area contributed by atoms with E-state index in [1.54, 1.807) is 11.3 Å². The number of ether oxygens (including phenoxy) is 2. The van der Waals surface area contributed by atoms with Crippen molar-refractivity contribution in [3.8, 4) is 0 Å². The van der Waals surface area contributed by atoms with Crippen LogP contribution < -0.4 is 5.32 Å². The van der Waals surface area contributed by atoms with E-state index in [9.17, 15) is 5.11 Å². The van der Waals surface area contributed by atoms with Crippen LogP contribution in [-0.4, -0.2) is 50.2 Å². The summed E-state index contributed by atoms with van der Waals surface area (Å²) in [6.45, 7) is 6.89. The highest BCUT2D eigenvalue weighted by Crippen LogP contribution is 2.05. The van der Waals surface area contributed by atoms with E-state index in [1.165, 1.54) is 5.56 Å². The van der Waals surface area contributed by atoms with Crippen molar-refractivity contribution in [1.82, 2.24) is 5.32 Å². The number of hydrogen-bond acceptors (Lipinski definition) is 5. The summed E-state index contributed by atoms with van der Waals surface area (Å²) in [6, 6.07) is 2.13. The SMILES string of the molecule is CC(C)OCCOCC(O)CNCCc1ccsc1. The maximum atomic E-state index is 9.69. The van der Waals surface area contributed by atoms with E-state index in [0.717, 1.165) is 13.0 Å². The van der Waals surface area contributed by atoms with Gasteiger partial charge in [-0.05, 0) is 49.2 Å². The number of rotatable bonds is 11. The van der Waals surface area contributed by atoms with Crippen LogP contribution in [0, 0.1) is 0 Å². The van der Waals surface area contributed by atoms with Crippen molar-refractivity contribution in [2.75, 3.05) is 32.9 Å². The molecule has 0 aliphatic heterocycles. The molecular weight excluding hydrogens is 262 g/mol. The molecule has 5 heteroatoms. The lowest BCUT2D eigenvalue weighted by atomic mass is 10.2. The van der Waals surface area contributed by atoms with Crippen LogP contribution in [0.4, 0.5) is 0 Å². The smallest absolute Gasteiger partial charge is 0.0897 e. The third-order valence-corrected chi connectivity index (χ3v) is 3.27. The molecular formula is C14H25NO3S. The van der Waals surface area contributed by atoms with Gasteiger partial charge in [-0.25, -0.2) is 0 Å². The molecule has 110 valence electrons. The first-order chi connectivity index (χ1) is 9.18. The molecule has 0 amide bonds. The van der Waals surface area contributed by atoms with Crippen molar-refractivity contribution < 1.29 is 14.6 Å². The van der Waals surface area contributed by atoms with Crippen LogP contribution in [0.2, 0.25) is 0 Å². The van der Waals surface area contributed by atoms with Crippen LogP contribution in [0.25, 0.3) is 0 Å². The third-order valence-electron chi connectivity index (χ3n) is 2.54. The van der Waals surface area contributed by atoms with Gasteiger partial charge in [0.05, 0.1) is 32.0 Å². The maximum Gasteiger partial charge on any atom is 0.0897 e. The average Bonchev–Trinajstić information content (AvgIpc) is 2.87. The zero-order valence-electron chi connectivity index (χ0n) is 11.8. The second-order valence-electron chi connectivity index (χ2n) is 4.73. The Morgan fingerprint density at radius 3 is 2.89 bits per heavy atom. The van der Waals surface area contributed by atoms with Crippen molar-refractivity contribution in [1.29, 1.82) is 0 Å². The number of thiophene rings is 1. The van der Waals surface area contributed by atoms with Crippen LogP contribution in [0.1, 0.15) is 19.4 Å². The largest absolute Gasteiger partial charge is 0.389 e. The topological polar surface area (TPSA) is 50.7 Å². The molecule has 0 saturated heterocycles. The van der Waals surface area contributed by atoms with Crippen LogP contribution in [-0.2, 0) is 15.9 Å². The van der Waals surface area contributed by atoms with E-state index < -0.39 is 6.10 Å². The molecule has 0 saturated carbocycles. The first-order valence-electron chi connectivity index (χ1n) is 6.77. The number of nitrogens with one attached hydrogen (secondary N) is 1. The molecule has 1 aromatic rings. The summed E-state index contributed by atoms with van der Waals surface area (Å²) in [6.07, 6.45) is 0.771. The first kappa shape index (κ1) is 16.6. The number of aliphatic hydroxyl groups excluding tert-OH is 1. The minimum atomic E-state index is -0.457. The minimum Gasteiger partial charge on any atom is -0.389 e. The third kappa shape index (κ3) is 9.13. The Labute approximate surface area is 119 Å². The Morgan fingerprint density at radius 2 is 2.21 bits per heavy atom. The van der Waals surface area contributed by atoms with Crippen molar-refractivity contribution in [2.45, 2.75) is 32.5 Å². The molecule has 0 fully saturated rings. The molecule has 1 aromatic heterocycles. The lowest BCUT2D eigenvalue weighted by molar-refractivity contribution is -0.00989. The maximum absolute atomic E-state index is 9.69. The fraction of sp³-hybridized carbons (Fsp3) is 0.714. The van der Waals surface area contributed by atoms with E-state index in [-0.39, 0.29) is 6.10 Å². The van der Waals surface area contributed by atoms with Gasteiger partial charge in [0.25, 0.3) is 0 Å². The molecule has 1 heterocycles. The van der Waals surface area contributed by atoms with E-state index in [2.05, 4.69) is 22.1 Å². The van der Waals surface area contributed by atoms with Gasteiger partial charge in [0.1, 0.15) is 0 Å². The Hall–Kier alpha value is -0.460. The van der Waals surface area contributed by atoms with E-state index in [1.807, 2.05) is 13.8 Å². The number of hydrogen-bond donors (Lipinski definition) is 2. The lowest BCUT2D eigenvalue weighted by Crippen LogP contribution is -2.32. The van der Waals surface area contributed by atoms with Crippen LogP contribution in [0.15, 0.2) is 16.8 Å². The highest BCUT2D eigenvalue weighted by Gasteiger charge is 2.03. The fourth-order valence-corrected chi connectivity index (χ4v) is 2.26. The summed E-state index contributed by atoms with van der Waals surface area (Å²) < 4.78 is 10.7. The zero-order valence-corrected chi connectivity index (χ0v) is 12.6. The van der Waals surface area contributed by atoms with Crippen molar-refractivity contribution in [2.24, 2.45) is 0 Å². The van der Waals surface area contributed by atoms with E-state index in [4.69, 9.17) is 9.47 Å². The molecule has 1 rings (SSSR count). The predicted octanol–water partition coefficient (Wildman–Crippen LogP) is 1.68. The average molecular weight is 287 g/mol. The molecule has 0 bridgehead atoms. The van der Waals surface area contributed by atoms with Gasteiger partial charge >= 0.3 is 0 Å². The minimum absolute atomic E-state index is 0.229. The van der Waals surface area contributed by atoms with Gasteiger partial charge in [-0.3, -0.25) is 0 Å². The summed E-state index contributed by atoms with van der Waals surface area (Å²) >= 11 is 1.71. The molecule has 0 aliphatic carbocycles. The number of aliphatic hydroxyl groups is 1. The van der Waals surface area contributed by atoms with Crippen LogP contribution >= 0.6 is 11.3 Å². The summed E-state index contributed by atoms with van der Waals surface area (Å²) in [5.74, 6) is 0. The second kappa shape index (κ2) is 10.3. The van der Waals surface area contributed by atoms with Crippen molar-refractivity contribution in [3.63, 3.8) is 0 Å². The van der Waals surface area contributed by atoms with Crippen LogP contribution in [0.5, 0.6) is 0 Å². The second-order valence-corrected chi connectivity index (χ2v) is 5.51. The van der Waals surface area contributed by atoms with Gasteiger partial charge in [-0.1, -0.05) is 0 Å². The molecule has 0 aliphatic rings. The summed E-state index contributed by atoms with van der Waals surface area (Å²) in [4.78, 5) is 0. The molecule has 0 aromatic carbocycles. The molecule has 0 radical (unpaired) electrons. The highest BCUT2D eigenvalue weighted by atomic mass is 32.1.